The zero-order chi connectivity index (χ0) is 19.4. The van der Waals surface area contributed by atoms with E-state index in [1.807, 2.05) is 6.92 Å². The highest BCUT2D eigenvalue weighted by Crippen LogP contribution is 2.29. The molecule has 0 radical (unpaired) electrons. The third kappa shape index (κ3) is 5.23. The lowest BCUT2D eigenvalue weighted by atomic mass is 9.91. The van der Waals surface area contributed by atoms with Gasteiger partial charge in [-0.05, 0) is 55.6 Å². The quantitative estimate of drug-likeness (QED) is 0.805. The molecule has 1 aromatic rings. The van der Waals surface area contributed by atoms with Crippen molar-refractivity contribution in [1.29, 1.82) is 0 Å². The molecule has 3 heterocycles. The number of hydrogen-bond donors (Lipinski definition) is 2. The Bertz CT molecular complexity index is 628. The molecule has 150 valence electrons. The number of carbonyl (C=O) groups excluding carboxylic acids is 1. The number of aliphatic carboxylic acids is 1. The summed E-state index contributed by atoms with van der Waals surface area (Å²) in [4.78, 5) is 29.5. The number of urea groups is 1. The maximum absolute atomic E-state index is 12.7. The number of carboxylic acid groups (broad SMARTS) is 1. The van der Waals surface area contributed by atoms with E-state index in [4.69, 9.17) is 0 Å². The second-order valence-electron chi connectivity index (χ2n) is 8.22. The molecule has 2 aliphatic heterocycles. The smallest absolute Gasteiger partial charge is 0.317 e. The van der Waals surface area contributed by atoms with Gasteiger partial charge in [-0.15, -0.1) is 11.3 Å². The number of carbonyl (C=O) groups is 2. The number of likely N-dealkylation sites (tertiary alicyclic amines) is 2. The van der Waals surface area contributed by atoms with Crippen LogP contribution in [0, 0.1) is 17.8 Å². The second kappa shape index (κ2) is 9.06. The zero-order valence-corrected chi connectivity index (χ0v) is 17.1. The minimum atomic E-state index is -0.807. The van der Waals surface area contributed by atoms with Crippen molar-refractivity contribution in [2.45, 2.75) is 39.2 Å². The Balaban J connectivity index is 1.61. The van der Waals surface area contributed by atoms with Crippen molar-refractivity contribution in [2.24, 2.45) is 17.8 Å². The van der Waals surface area contributed by atoms with E-state index >= 15 is 0 Å². The first-order valence-corrected chi connectivity index (χ1v) is 10.8. The first kappa shape index (κ1) is 20.1. The number of nitrogens with zero attached hydrogens (tertiary/aromatic N) is 2. The number of nitrogens with one attached hydrogen (secondary N) is 1. The lowest BCUT2D eigenvalue weighted by molar-refractivity contribution is -0.143. The van der Waals surface area contributed by atoms with Gasteiger partial charge in [0.1, 0.15) is 0 Å². The highest BCUT2D eigenvalue weighted by atomic mass is 32.1. The van der Waals surface area contributed by atoms with E-state index in [0.717, 1.165) is 19.0 Å². The molecule has 0 bridgehead atoms. The van der Waals surface area contributed by atoms with Crippen LogP contribution in [-0.2, 0) is 4.79 Å². The van der Waals surface area contributed by atoms with E-state index in [2.05, 4.69) is 34.7 Å². The summed E-state index contributed by atoms with van der Waals surface area (Å²) in [5, 5.41) is 14.5. The summed E-state index contributed by atoms with van der Waals surface area (Å²) >= 11 is 1.73. The third-order valence-electron chi connectivity index (χ3n) is 5.87. The Morgan fingerprint density at radius 3 is 2.63 bits per heavy atom. The number of amides is 2. The van der Waals surface area contributed by atoms with Gasteiger partial charge in [0.05, 0.1) is 12.0 Å². The molecular formula is C20H31N3O3S. The fourth-order valence-corrected chi connectivity index (χ4v) is 5.08. The van der Waals surface area contributed by atoms with Crippen molar-refractivity contribution in [3.05, 3.63) is 22.4 Å². The summed E-state index contributed by atoms with van der Waals surface area (Å²) in [5.74, 6) is -0.292. The fourth-order valence-electron chi connectivity index (χ4n) is 4.22. The molecule has 3 unspecified atom stereocenters. The molecule has 2 amide bonds. The number of thiophene rings is 1. The Labute approximate surface area is 165 Å². The molecular weight excluding hydrogens is 362 g/mol. The van der Waals surface area contributed by atoms with Crippen molar-refractivity contribution in [3.8, 4) is 0 Å². The van der Waals surface area contributed by atoms with Crippen molar-refractivity contribution in [3.63, 3.8) is 0 Å². The predicted molar refractivity (Wildman–Crippen MR) is 107 cm³/mol. The molecule has 1 aromatic heterocycles. The molecule has 2 N–H and O–H groups in total. The third-order valence-corrected chi connectivity index (χ3v) is 6.85. The molecule has 3 rings (SSSR count). The summed E-state index contributed by atoms with van der Waals surface area (Å²) in [6.07, 6.45) is 3.03. The number of carboxylic acids is 1. The van der Waals surface area contributed by atoms with Gasteiger partial charge in [0.2, 0.25) is 0 Å². The van der Waals surface area contributed by atoms with Gasteiger partial charge < -0.3 is 15.3 Å². The van der Waals surface area contributed by atoms with E-state index in [1.54, 1.807) is 16.2 Å². The SMILES string of the molecule is CC1CCN(C(CNC(=O)N2CC(C)CC(C(=O)O)C2)c2cccs2)CC1. The number of piperidine rings is 2. The Morgan fingerprint density at radius 1 is 1.26 bits per heavy atom. The number of hydrogen-bond acceptors (Lipinski definition) is 4. The average Bonchev–Trinajstić information content (AvgIpc) is 3.17. The van der Waals surface area contributed by atoms with Gasteiger partial charge in [0, 0.05) is 24.5 Å². The van der Waals surface area contributed by atoms with Crippen LogP contribution in [0.1, 0.15) is 44.0 Å². The van der Waals surface area contributed by atoms with Crippen molar-refractivity contribution in [1.82, 2.24) is 15.1 Å². The highest BCUT2D eigenvalue weighted by molar-refractivity contribution is 7.10. The van der Waals surface area contributed by atoms with E-state index in [-0.39, 0.29) is 18.0 Å². The average molecular weight is 394 g/mol. The lowest BCUT2D eigenvalue weighted by Crippen LogP contribution is -2.51. The molecule has 0 aliphatic carbocycles. The first-order chi connectivity index (χ1) is 12.9. The molecule has 2 aliphatic rings. The normalized spacial score (nSPS) is 25.9. The maximum atomic E-state index is 12.7. The topological polar surface area (TPSA) is 72.9 Å². The fraction of sp³-hybridized carbons (Fsp3) is 0.700. The summed E-state index contributed by atoms with van der Waals surface area (Å²) in [6.45, 7) is 7.92. The first-order valence-electron chi connectivity index (χ1n) is 9.97. The van der Waals surface area contributed by atoms with Crippen LogP contribution in [0.4, 0.5) is 4.79 Å². The molecule has 2 fully saturated rings. The van der Waals surface area contributed by atoms with Gasteiger partial charge in [0.15, 0.2) is 0 Å². The Kier molecular flexibility index (Phi) is 6.76. The van der Waals surface area contributed by atoms with Crippen LogP contribution >= 0.6 is 11.3 Å². The molecule has 0 saturated carbocycles. The van der Waals surface area contributed by atoms with Crippen molar-refractivity contribution in [2.75, 3.05) is 32.7 Å². The van der Waals surface area contributed by atoms with Crippen LogP contribution in [0.25, 0.3) is 0 Å². The van der Waals surface area contributed by atoms with Crippen LogP contribution in [0.15, 0.2) is 17.5 Å². The van der Waals surface area contributed by atoms with E-state index in [9.17, 15) is 14.7 Å². The largest absolute Gasteiger partial charge is 0.481 e. The van der Waals surface area contributed by atoms with E-state index in [1.165, 1.54) is 17.7 Å². The number of rotatable bonds is 5. The van der Waals surface area contributed by atoms with Crippen molar-refractivity contribution >= 4 is 23.3 Å². The Morgan fingerprint density at radius 2 is 2.00 bits per heavy atom. The van der Waals surface area contributed by atoms with Crippen LogP contribution in [0.5, 0.6) is 0 Å². The molecule has 3 atom stereocenters. The second-order valence-corrected chi connectivity index (χ2v) is 9.20. The predicted octanol–water partition coefficient (Wildman–Crippen LogP) is 3.27. The van der Waals surface area contributed by atoms with Crippen LogP contribution in [-0.4, -0.2) is 59.6 Å². The zero-order valence-electron chi connectivity index (χ0n) is 16.3. The highest BCUT2D eigenvalue weighted by Gasteiger charge is 2.32. The van der Waals surface area contributed by atoms with Gasteiger partial charge in [0.25, 0.3) is 0 Å². The van der Waals surface area contributed by atoms with Gasteiger partial charge in [-0.25, -0.2) is 4.79 Å². The maximum Gasteiger partial charge on any atom is 0.317 e. The van der Waals surface area contributed by atoms with Gasteiger partial charge >= 0.3 is 12.0 Å². The van der Waals surface area contributed by atoms with Crippen molar-refractivity contribution < 1.29 is 14.7 Å². The minimum Gasteiger partial charge on any atom is -0.481 e. The molecule has 2 saturated heterocycles. The summed E-state index contributed by atoms with van der Waals surface area (Å²) in [5.41, 5.74) is 0. The molecule has 6 nitrogen and oxygen atoms in total. The van der Waals surface area contributed by atoms with Gasteiger partial charge in [-0.2, -0.15) is 0 Å². The summed E-state index contributed by atoms with van der Waals surface area (Å²) in [6, 6.07) is 4.26. The molecule has 0 spiro atoms. The summed E-state index contributed by atoms with van der Waals surface area (Å²) in [7, 11) is 0. The summed E-state index contributed by atoms with van der Waals surface area (Å²) < 4.78 is 0. The monoisotopic (exact) mass is 393 g/mol. The van der Waals surface area contributed by atoms with Crippen LogP contribution in [0.2, 0.25) is 0 Å². The van der Waals surface area contributed by atoms with E-state index < -0.39 is 11.9 Å². The van der Waals surface area contributed by atoms with Crippen LogP contribution in [0.3, 0.4) is 0 Å². The lowest BCUT2D eigenvalue weighted by Gasteiger charge is -2.38. The Hall–Kier alpha value is -1.60. The van der Waals surface area contributed by atoms with Crippen LogP contribution < -0.4 is 5.32 Å². The standard InChI is InChI=1S/C20H31N3O3S/c1-14-5-7-22(8-6-14)17(18-4-3-9-27-18)11-21-20(26)23-12-15(2)10-16(13-23)19(24)25/h3-4,9,14-17H,5-8,10-13H2,1-2H3,(H,21,26)(H,24,25). The molecule has 0 aromatic carbocycles. The van der Waals surface area contributed by atoms with E-state index in [0.29, 0.717) is 26.1 Å². The minimum absolute atomic E-state index is 0.139. The molecule has 27 heavy (non-hydrogen) atoms. The van der Waals surface area contributed by atoms with Gasteiger partial charge in [-0.3, -0.25) is 9.69 Å². The van der Waals surface area contributed by atoms with Gasteiger partial charge in [-0.1, -0.05) is 19.9 Å². The molecule has 7 heteroatoms.